The van der Waals surface area contributed by atoms with E-state index < -0.39 is 6.49 Å². The first-order chi connectivity index (χ1) is 9.12. The molecule has 0 aliphatic rings. The highest BCUT2D eigenvalue weighted by Crippen LogP contribution is 2.52. The first kappa shape index (κ1) is 19.5. The average Bonchev–Trinajstić information content (AvgIpc) is 2.38. The van der Waals surface area contributed by atoms with Crippen LogP contribution in [0.4, 0.5) is 0 Å². The molecule has 0 aliphatic carbocycles. The zero-order chi connectivity index (χ0) is 14.4. The quantitative estimate of drug-likeness (QED) is 0.244. The second-order valence-corrected chi connectivity index (χ2v) is 10.1. The Balaban J connectivity index is 3.39. The molecule has 0 heterocycles. The van der Waals surface area contributed by atoms with Crippen molar-refractivity contribution in [3.05, 3.63) is 0 Å². The third-order valence-corrected chi connectivity index (χ3v) is 6.67. The van der Waals surface area contributed by atoms with Crippen molar-refractivity contribution in [2.75, 3.05) is 12.3 Å². The van der Waals surface area contributed by atoms with Crippen molar-refractivity contribution < 1.29 is 4.57 Å². The number of unbranched alkanes of at least 4 members (excludes halogenated alkanes) is 10. The van der Waals surface area contributed by atoms with E-state index in [9.17, 15) is 4.57 Å². The summed E-state index contributed by atoms with van der Waals surface area (Å²) in [5, 5.41) is 0. The Kier molecular flexibility index (Phi) is 13.9. The summed E-state index contributed by atoms with van der Waals surface area (Å²) >= 11 is 6.17. The SMILES string of the molecule is CCCCCCCCP(=O)(Cl)CCCCCCCC. The topological polar surface area (TPSA) is 17.1 Å². The van der Waals surface area contributed by atoms with Crippen LogP contribution in [-0.2, 0) is 4.57 Å². The minimum Gasteiger partial charge on any atom is -0.307 e. The molecule has 0 spiro atoms. The van der Waals surface area contributed by atoms with Crippen LogP contribution >= 0.6 is 17.7 Å². The van der Waals surface area contributed by atoms with E-state index in [4.69, 9.17) is 11.2 Å². The minimum absolute atomic E-state index is 0.760. The van der Waals surface area contributed by atoms with Crippen LogP contribution in [0.5, 0.6) is 0 Å². The zero-order valence-corrected chi connectivity index (χ0v) is 14.8. The van der Waals surface area contributed by atoms with Crippen molar-refractivity contribution in [1.29, 1.82) is 0 Å². The molecule has 0 amide bonds. The van der Waals surface area contributed by atoms with E-state index >= 15 is 0 Å². The lowest BCUT2D eigenvalue weighted by Crippen LogP contribution is -1.92. The van der Waals surface area contributed by atoms with Gasteiger partial charge >= 0.3 is 0 Å². The van der Waals surface area contributed by atoms with Crippen LogP contribution in [0.15, 0.2) is 0 Å². The van der Waals surface area contributed by atoms with Crippen LogP contribution in [0.2, 0.25) is 0 Å². The standard InChI is InChI=1S/C16H34ClOP/c1-3-5-7-9-11-13-15-19(17,18)16-14-12-10-8-6-4-2/h3-16H2,1-2H3. The Labute approximate surface area is 126 Å². The predicted octanol–water partition coefficient (Wildman–Crippen LogP) is 7.22. The van der Waals surface area contributed by atoms with Gasteiger partial charge in [-0.2, -0.15) is 0 Å². The van der Waals surface area contributed by atoms with Crippen LogP contribution in [0, 0.1) is 0 Å². The highest BCUT2D eigenvalue weighted by atomic mass is 35.7. The number of rotatable bonds is 14. The molecule has 0 radical (unpaired) electrons. The molecule has 0 rings (SSSR count). The van der Waals surface area contributed by atoms with Gasteiger partial charge in [0.05, 0.1) is 0 Å². The molecule has 0 aromatic heterocycles. The summed E-state index contributed by atoms with van der Waals surface area (Å²) in [5.41, 5.74) is 0. The normalized spacial score (nSPS) is 11.9. The summed E-state index contributed by atoms with van der Waals surface area (Å²) in [7, 11) is 0. The molecule has 0 unspecified atom stereocenters. The van der Waals surface area contributed by atoms with Gasteiger partial charge in [-0.3, -0.25) is 0 Å². The second kappa shape index (κ2) is 13.5. The van der Waals surface area contributed by atoms with Crippen molar-refractivity contribution in [3.63, 3.8) is 0 Å². The lowest BCUT2D eigenvalue weighted by molar-refractivity contribution is 0.571. The molecule has 1 nitrogen and oxygen atoms in total. The molecule has 0 saturated carbocycles. The van der Waals surface area contributed by atoms with Crippen LogP contribution in [0.25, 0.3) is 0 Å². The van der Waals surface area contributed by atoms with Crippen LogP contribution in [0.1, 0.15) is 90.9 Å². The molecule has 0 aromatic carbocycles. The molecule has 0 fully saturated rings. The van der Waals surface area contributed by atoms with Gasteiger partial charge in [-0.1, -0.05) is 89.3 Å². The summed E-state index contributed by atoms with van der Waals surface area (Å²) in [4.78, 5) is 0. The lowest BCUT2D eigenvalue weighted by atomic mass is 10.1. The number of hydrogen-bond donors (Lipinski definition) is 0. The maximum Gasteiger partial charge on any atom is 0.169 e. The highest BCUT2D eigenvalue weighted by Gasteiger charge is 2.16. The Bertz CT molecular complexity index is 211. The van der Waals surface area contributed by atoms with E-state index in [2.05, 4.69) is 13.8 Å². The molecule has 0 aliphatic heterocycles. The van der Waals surface area contributed by atoms with Crippen molar-refractivity contribution in [2.24, 2.45) is 0 Å². The van der Waals surface area contributed by atoms with Crippen molar-refractivity contribution in [3.8, 4) is 0 Å². The van der Waals surface area contributed by atoms with Gasteiger partial charge in [0, 0.05) is 12.3 Å². The van der Waals surface area contributed by atoms with E-state index in [1.807, 2.05) is 0 Å². The summed E-state index contributed by atoms with van der Waals surface area (Å²) in [6.45, 7) is 2.13. The van der Waals surface area contributed by atoms with Crippen LogP contribution in [0.3, 0.4) is 0 Å². The lowest BCUT2D eigenvalue weighted by Gasteiger charge is -2.10. The molecular formula is C16H34ClOP. The van der Waals surface area contributed by atoms with Gasteiger partial charge in [0.15, 0.2) is 6.49 Å². The van der Waals surface area contributed by atoms with Crippen molar-refractivity contribution in [2.45, 2.75) is 90.9 Å². The Hall–Kier alpha value is 0.520. The fourth-order valence-corrected chi connectivity index (χ4v) is 4.70. The van der Waals surface area contributed by atoms with Gasteiger partial charge in [0.1, 0.15) is 0 Å². The number of halogens is 1. The maximum absolute atomic E-state index is 12.2. The Morgan fingerprint density at radius 1 is 0.632 bits per heavy atom. The summed E-state index contributed by atoms with van der Waals surface area (Å²) in [5.74, 6) is 0. The Morgan fingerprint density at radius 3 is 1.32 bits per heavy atom. The zero-order valence-electron chi connectivity index (χ0n) is 13.1. The molecule has 19 heavy (non-hydrogen) atoms. The summed E-state index contributed by atoms with van der Waals surface area (Å²) in [6, 6.07) is 0. The van der Waals surface area contributed by atoms with Gasteiger partial charge in [0.2, 0.25) is 0 Å². The predicted molar refractivity (Wildman–Crippen MR) is 89.9 cm³/mol. The molecule has 0 saturated heterocycles. The van der Waals surface area contributed by atoms with E-state index in [1.165, 1.54) is 64.2 Å². The summed E-state index contributed by atoms with van der Waals surface area (Å²) in [6.07, 6.45) is 16.5. The Morgan fingerprint density at radius 2 is 0.947 bits per heavy atom. The summed E-state index contributed by atoms with van der Waals surface area (Å²) < 4.78 is 12.2. The first-order valence-electron chi connectivity index (χ1n) is 8.40. The molecule has 116 valence electrons. The average molecular weight is 309 g/mol. The molecule has 0 N–H and O–H groups in total. The van der Waals surface area contributed by atoms with E-state index in [1.54, 1.807) is 0 Å². The monoisotopic (exact) mass is 308 g/mol. The smallest absolute Gasteiger partial charge is 0.169 e. The maximum atomic E-state index is 12.2. The third kappa shape index (κ3) is 14.7. The molecule has 0 atom stereocenters. The van der Waals surface area contributed by atoms with Gasteiger partial charge in [-0.05, 0) is 12.8 Å². The molecule has 3 heteroatoms. The highest BCUT2D eigenvalue weighted by molar-refractivity contribution is 7.89. The van der Waals surface area contributed by atoms with Gasteiger partial charge in [-0.25, -0.2) is 0 Å². The third-order valence-electron chi connectivity index (χ3n) is 3.69. The van der Waals surface area contributed by atoms with Gasteiger partial charge in [-0.15, -0.1) is 0 Å². The van der Waals surface area contributed by atoms with Crippen LogP contribution < -0.4 is 0 Å². The fraction of sp³-hybridized carbons (Fsp3) is 1.00. The first-order valence-corrected chi connectivity index (χ1v) is 11.4. The minimum atomic E-state index is -2.33. The van der Waals surface area contributed by atoms with Crippen molar-refractivity contribution >= 4 is 17.7 Å². The van der Waals surface area contributed by atoms with E-state index in [0.29, 0.717) is 0 Å². The van der Waals surface area contributed by atoms with Crippen LogP contribution in [-0.4, -0.2) is 12.3 Å². The van der Waals surface area contributed by atoms with E-state index in [-0.39, 0.29) is 0 Å². The molecule has 0 aromatic rings. The fourth-order valence-electron chi connectivity index (χ4n) is 2.37. The van der Waals surface area contributed by atoms with Gasteiger partial charge in [0.25, 0.3) is 0 Å². The largest absolute Gasteiger partial charge is 0.307 e. The van der Waals surface area contributed by atoms with Crippen molar-refractivity contribution in [1.82, 2.24) is 0 Å². The van der Waals surface area contributed by atoms with Gasteiger partial charge < -0.3 is 4.57 Å². The molecular weight excluding hydrogens is 275 g/mol. The van der Waals surface area contributed by atoms with E-state index in [0.717, 1.165) is 25.2 Å². The second-order valence-electron chi connectivity index (χ2n) is 5.77. The molecule has 0 bridgehead atoms. The number of hydrogen-bond acceptors (Lipinski definition) is 1.